The summed E-state index contributed by atoms with van der Waals surface area (Å²) in [5.74, 6) is 6.29. The number of pyridine rings is 1. The zero-order valence-corrected chi connectivity index (χ0v) is 22.3. The van der Waals surface area contributed by atoms with Crippen molar-refractivity contribution in [2.75, 3.05) is 26.7 Å². The first-order valence-electron chi connectivity index (χ1n) is 12.1. The summed E-state index contributed by atoms with van der Waals surface area (Å²) in [4.78, 5) is 18.6. The molecule has 3 atom stereocenters. The van der Waals surface area contributed by atoms with Crippen LogP contribution in [-0.2, 0) is 10.0 Å². The molecular formula is C27H35N3O5S. The second-order valence-electron chi connectivity index (χ2n) is 9.70. The third-order valence-corrected chi connectivity index (χ3v) is 8.11. The van der Waals surface area contributed by atoms with Crippen molar-refractivity contribution >= 4 is 15.9 Å². The Morgan fingerprint density at radius 3 is 2.67 bits per heavy atom. The van der Waals surface area contributed by atoms with Crippen molar-refractivity contribution in [3.63, 3.8) is 0 Å². The molecule has 2 aromatic rings. The molecule has 0 aliphatic carbocycles. The summed E-state index contributed by atoms with van der Waals surface area (Å²) in [5.41, 5.74) is 0.968. The van der Waals surface area contributed by atoms with Gasteiger partial charge in [0, 0.05) is 43.7 Å². The highest BCUT2D eigenvalue weighted by atomic mass is 32.2. The van der Waals surface area contributed by atoms with Gasteiger partial charge in [0.1, 0.15) is 22.4 Å². The van der Waals surface area contributed by atoms with Gasteiger partial charge in [0.25, 0.3) is 5.91 Å². The van der Waals surface area contributed by atoms with Gasteiger partial charge in [-0.2, -0.15) is 4.31 Å². The van der Waals surface area contributed by atoms with Gasteiger partial charge in [0.05, 0.1) is 13.2 Å². The highest BCUT2D eigenvalue weighted by Crippen LogP contribution is 2.34. The van der Waals surface area contributed by atoms with Crippen molar-refractivity contribution < 1.29 is 23.1 Å². The number of hydrogen-bond donors (Lipinski definition) is 1. The maximum atomic E-state index is 13.6. The smallest absolute Gasteiger partial charge is 0.272 e. The van der Waals surface area contributed by atoms with Crippen molar-refractivity contribution in [2.45, 2.75) is 51.2 Å². The maximum Gasteiger partial charge on any atom is 0.272 e. The molecule has 0 spiro atoms. The van der Waals surface area contributed by atoms with Crippen LogP contribution in [0.15, 0.2) is 47.5 Å². The van der Waals surface area contributed by atoms with E-state index < -0.39 is 22.2 Å². The van der Waals surface area contributed by atoms with Crippen LogP contribution in [0.1, 0.15) is 50.2 Å². The Morgan fingerprint density at radius 1 is 1.28 bits per heavy atom. The number of carbonyl (C=O) groups excluding carboxylic acids is 1. The van der Waals surface area contributed by atoms with Crippen LogP contribution in [0.2, 0.25) is 0 Å². The minimum atomic E-state index is -3.94. The van der Waals surface area contributed by atoms with Gasteiger partial charge in [-0.3, -0.25) is 9.78 Å². The molecule has 3 rings (SSSR count). The lowest BCUT2D eigenvalue weighted by atomic mass is 10.0. The van der Waals surface area contributed by atoms with Crippen LogP contribution >= 0.6 is 0 Å². The quantitative estimate of drug-likeness (QED) is 0.596. The number of carbonyl (C=O) groups is 1. The van der Waals surface area contributed by atoms with Gasteiger partial charge in [0.15, 0.2) is 0 Å². The monoisotopic (exact) mass is 513 g/mol. The van der Waals surface area contributed by atoms with E-state index in [2.05, 4.69) is 30.7 Å². The van der Waals surface area contributed by atoms with Crippen molar-refractivity contribution in [1.82, 2.24) is 14.2 Å². The number of sulfonamides is 1. The lowest BCUT2D eigenvalue weighted by Crippen LogP contribution is -2.50. The Balaban J connectivity index is 2.00. The second-order valence-corrected chi connectivity index (χ2v) is 11.6. The number of aromatic nitrogens is 1. The van der Waals surface area contributed by atoms with Gasteiger partial charge in [-0.05, 0) is 43.2 Å². The largest absolute Gasteiger partial charge is 0.487 e. The summed E-state index contributed by atoms with van der Waals surface area (Å²) in [7, 11) is -2.27. The van der Waals surface area contributed by atoms with Crippen LogP contribution in [-0.4, -0.2) is 72.5 Å². The normalized spacial score (nSPS) is 20.2. The predicted octanol–water partition coefficient (Wildman–Crippen LogP) is 3.02. The van der Waals surface area contributed by atoms with E-state index in [-0.39, 0.29) is 42.2 Å². The molecule has 1 aliphatic heterocycles. The predicted molar refractivity (Wildman–Crippen MR) is 138 cm³/mol. The number of fused-ring (bicyclic) bond motifs is 1. The number of aliphatic hydroxyl groups excluding tert-OH is 1. The van der Waals surface area contributed by atoms with E-state index in [9.17, 15) is 18.3 Å². The fourth-order valence-electron chi connectivity index (χ4n) is 3.92. The number of rotatable bonds is 6. The summed E-state index contributed by atoms with van der Waals surface area (Å²) < 4.78 is 34.8. The number of nitrogens with zero attached hydrogens (tertiary/aromatic N) is 3. The number of likely N-dealkylation sites (N-methyl/N-ethyl adjacent to an activating group) is 1. The molecule has 1 aromatic heterocycles. The number of hydrogen-bond acceptors (Lipinski definition) is 6. The Hall–Kier alpha value is -2.93. The number of amides is 1. The zero-order valence-electron chi connectivity index (χ0n) is 21.5. The molecule has 0 radical (unpaired) electrons. The van der Waals surface area contributed by atoms with Crippen LogP contribution in [0, 0.1) is 23.7 Å². The van der Waals surface area contributed by atoms with Gasteiger partial charge >= 0.3 is 0 Å². The average molecular weight is 514 g/mol. The lowest BCUT2D eigenvalue weighted by molar-refractivity contribution is 0.0559. The Bertz CT molecular complexity index is 1220. The minimum absolute atomic E-state index is 0.0211. The Labute approximate surface area is 214 Å². The first-order valence-corrected chi connectivity index (χ1v) is 13.6. The first-order chi connectivity index (χ1) is 17.0. The number of aliphatic hydroxyl groups is 1. The van der Waals surface area contributed by atoms with Crippen LogP contribution in [0.5, 0.6) is 5.75 Å². The van der Waals surface area contributed by atoms with E-state index in [1.165, 1.54) is 15.3 Å². The van der Waals surface area contributed by atoms with Crippen molar-refractivity contribution in [3.8, 4) is 17.6 Å². The SMILES string of the molecule is CC(C)CC#Cc1ccc2c(c1)O[C@H](CN(C)C(=O)c1ccccn1)[C@H](C)CN([C@@H](C)CO)S2(=O)=O. The summed E-state index contributed by atoms with van der Waals surface area (Å²) >= 11 is 0. The fourth-order valence-corrected chi connectivity index (χ4v) is 5.74. The minimum Gasteiger partial charge on any atom is -0.487 e. The molecule has 1 N–H and O–H groups in total. The molecule has 2 heterocycles. The second kappa shape index (κ2) is 11.9. The van der Waals surface area contributed by atoms with Crippen molar-refractivity contribution in [3.05, 3.63) is 53.9 Å². The van der Waals surface area contributed by atoms with E-state index in [1.807, 2.05) is 6.92 Å². The van der Waals surface area contributed by atoms with Gasteiger partial charge in [-0.15, -0.1) is 0 Å². The lowest BCUT2D eigenvalue weighted by Gasteiger charge is -2.37. The third-order valence-electron chi connectivity index (χ3n) is 6.09. The highest BCUT2D eigenvalue weighted by Gasteiger charge is 2.38. The molecule has 8 nitrogen and oxygen atoms in total. The molecule has 194 valence electrons. The molecule has 1 amide bonds. The highest BCUT2D eigenvalue weighted by molar-refractivity contribution is 7.89. The van der Waals surface area contributed by atoms with Gasteiger partial charge in [-0.1, -0.05) is 38.7 Å². The molecule has 36 heavy (non-hydrogen) atoms. The van der Waals surface area contributed by atoms with E-state index in [1.54, 1.807) is 50.5 Å². The molecule has 0 saturated carbocycles. The average Bonchev–Trinajstić information content (AvgIpc) is 2.85. The molecular weight excluding hydrogens is 478 g/mol. The van der Waals surface area contributed by atoms with Crippen LogP contribution in [0.25, 0.3) is 0 Å². The van der Waals surface area contributed by atoms with E-state index in [0.29, 0.717) is 17.2 Å². The molecule has 9 heteroatoms. The molecule has 0 unspecified atom stereocenters. The summed E-state index contributed by atoms with van der Waals surface area (Å²) in [6, 6.07) is 9.35. The van der Waals surface area contributed by atoms with Crippen LogP contribution < -0.4 is 4.74 Å². The number of benzene rings is 1. The molecule has 1 aliphatic rings. The van der Waals surface area contributed by atoms with Crippen molar-refractivity contribution in [2.24, 2.45) is 11.8 Å². The molecule has 1 aromatic carbocycles. The summed E-state index contributed by atoms with van der Waals surface area (Å²) in [6.07, 6.45) is 1.77. The molecule has 0 fully saturated rings. The first kappa shape index (κ1) is 27.7. The van der Waals surface area contributed by atoms with Crippen LogP contribution in [0.4, 0.5) is 0 Å². The Morgan fingerprint density at radius 2 is 2.03 bits per heavy atom. The molecule has 0 saturated heterocycles. The van der Waals surface area contributed by atoms with Crippen LogP contribution in [0.3, 0.4) is 0 Å². The van der Waals surface area contributed by atoms with E-state index in [4.69, 9.17) is 4.74 Å². The Kier molecular flexibility index (Phi) is 9.12. The van der Waals surface area contributed by atoms with E-state index >= 15 is 0 Å². The van der Waals surface area contributed by atoms with Gasteiger partial charge in [-0.25, -0.2) is 8.42 Å². The maximum absolute atomic E-state index is 13.6. The van der Waals surface area contributed by atoms with E-state index in [0.717, 1.165) is 6.42 Å². The topological polar surface area (TPSA) is 100 Å². The fraction of sp³-hybridized carbons (Fsp3) is 0.481. The van der Waals surface area contributed by atoms with Crippen molar-refractivity contribution in [1.29, 1.82) is 0 Å². The summed E-state index contributed by atoms with van der Waals surface area (Å²) in [6.45, 7) is 7.75. The van der Waals surface area contributed by atoms with Gasteiger partial charge in [0.2, 0.25) is 10.0 Å². The summed E-state index contributed by atoms with van der Waals surface area (Å²) in [5, 5.41) is 9.80. The van der Waals surface area contributed by atoms with Gasteiger partial charge < -0.3 is 14.7 Å². The third kappa shape index (κ3) is 6.44. The zero-order chi connectivity index (χ0) is 26.5. The molecule has 0 bridgehead atoms. The number of ether oxygens (including phenoxy) is 1. The standard InChI is InChI=1S/C27H35N3O5S/c1-19(2)9-8-10-22-12-13-26-24(15-22)35-25(17-29(5)27(32)23-11-6-7-14-28-23)20(3)16-30(21(4)18-31)36(26,33)34/h6-7,11-15,19-21,25,31H,9,16-18H2,1-5H3/t20-,21+,25-/m1/s1.